The Kier molecular flexibility index (Phi) is 3.44. The van der Waals surface area contributed by atoms with Crippen LogP contribution in [0.3, 0.4) is 0 Å². The van der Waals surface area contributed by atoms with E-state index >= 15 is 0 Å². The number of carbonyl (C=O) groups excluding carboxylic acids is 1. The third-order valence-corrected chi connectivity index (χ3v) is 5.85. The van der Waals surface area contributed by atoms with Crippen molar-refractivity contribution in [1.29, 1.82) is 0 Å². The Morgan fingerprint density at radius 3 is 2.95 bits per heavy atom. The Labute approximate surface area is 118 Å². The van der Waals surface area contributed by atoms with Crippen molar-refractivity contribution in [3.8, 4) is 0 Å². The molecule has 1 unspecified atom stereocenters. The molecule has 4 heteroatoms. The highest BCUT2D eigenvalue weighted by atomic mass is 32.2. The molecule has 102 valence electrons. The predicted octanol–water partition coefficient (Wildman–Crippen LogP) is 2.60. The fourth-order valence-corrected chi connectivity index (χ4v) is 3.83. The van der Waals surface area contributed by atoms with E-state index < -0.39 is 0 Å². The summed E-state index contributed by atoms with van der Waals surface area (Å²) in [6, 6.07) is 8.09. The summed E-state index contributed by atoms with van der Waals surface area (Å²) in [5.74, 6) is 0.132. The summed E-state index contributed by atoms with van der Waals surface area (Å²) in [6.07, 6.45) is 5.91. The summed E-state index contributed by atoms with van der Waals surface area (Å²) in [6.45, 7) is 1.53. The Morgan fingerprint density at radius 2 is 2.26 bits per heavy atom. The Morgan fingerprint density at radius 1 is 1.47 bits per heavy atom. The number of fused-ring (bicyclic) bond motifs is 1. The zero-order valence-corrected chi connectivity index (χ0v) is 12.1. The number of hydrogen-bond donors (Lipinski definition) is 2. The molecule has 1 aromatic carbocycles. The van der Waals surface area contributed by atoms with E-state index in [4.69, 9.17) is 0 Å². The second-order valence-corrected chi connectivity index (χ2v) is 6.75. The lowest BCUT2D eigenvalue weighted by molar-refractivity contribution is -0.122. The zero-order chi connectivity index (χ0) is 13.3. The molecule has 3 rings (SSSR count). The lowest BCUT2D eigenvalue weighted by Gasteiger charge is -2.40. The zero-order valence-electron chi connectivity index (χ0n) is 11.2. The van der Waals surface area contributed by atoms with Crippen LogP contribution in [0.4, 0.5) is 5.69 Å². The fourth-order valence-electron chi connectivity index (χ4n) is 2.91. The van der Waals surface area contributed by atoms with Crippen LogP contribution in [-0.2, 0) is 4.79 Å². The molecule has 1 aromatic rings. The van der Waals surface area contributed by atoms with E-state index in [1.165, 1.54) is 19.3 Å². The molecule has 0 bridgehead atoms. The first kappa shape index (κ1) is 12.9. The van der Waals surface area contributed by atoms with Gasteiger partial charge in [-0.25, -0.2) is 0 Å². The molecule has 0 spiro atoms. The van der Waals surface area contributed by atoms with Crippen molar-refractivity contribution in [2.75, 3.05) is 24.7 Å². The molecule has 1 saturated carbocycles. The van der Waals surface area contributed by atoms with E-state index in [2.05, 4.69) is 16.9 Å². The van der Waals surface area contributed by atoms with E-state index in [9.17, 15) is 4.79 Å². The van der Waals surface area contributed by atoms with Gasteiger partial charge in [-0.15, -0.1) is 0 Å². The van der Waals surface area contributed by atoms with E-state index in [-0.39, 0.29) is 11.8 Å². The van der Waals surface area contributed by atoms with Crippen molar-refractivity contribution in [3.05, 3.63) is 29.8 Å². The third kappa shape index (κ3) is 2.34. The van der Waals surface area contributed by atoms with Crippen molar-refractivity contribution in [3.63, 3.8) is 0 Å². The van der Waals surface area contributed by atoms with Gasteiger partial charge >= 0.3 is 0 Å². The van der Waals surface area contributed by atoms with Gasteiger partial charge in [0.2, 0.25) is 5.91 Å². The van der Waals surface area contributed by atoms with Crippen LogP contribution in [0.2, 0.25) is 0 Å². The lowest BCUT2D eigenvalue weighted by atomic mass is 9.84. The molecule has 1 atom stereocenters. The number of thioether (sulfide) groups is 1. The maximum Gasteiger partial charge on any atom is 0.229 e. The van der Waals surface area contributed by atoms with Crippen molar-refractivity contribution in [1.82, 2.24) is 5.32 Å². The first-order valence-corrected chi connectivity index (χ1v) is 8.12. The molecule has 0 saturated heterocycles. The Hall–Kier alpha value is -1.16. The minimum absolute atomic E-state index is 0.0322. The van der Waals surface area contributed by atoms with Gasteiger partial charge in [0.05, 0.1) is 5.92 Å². The van der Waals surface area contributed by atoms with Crippen LogP contribution in [-0.4, -0.2) is 30.0 Å². The van der Waals surface area contributed by atoms with Crippen LogP contribution in [0.25, 0.3) is 0 Å². The van der Waals surface area contributed by atoms with E-state index in [1.807, 2.05) is 36.0 Å². The highest BCUT2D eigenvalue weighted by Crippen LogP contribution is 2.42. The predicted molar refractivity (Wildman–Crippen MR) is 80.8 cm³/mol. The molecule has 1 amide bonds. The maximum absolute atomic E-state index is 12.4. The fraction of sp³-hybridized carbons (Fsp3) is 0.533. The quantitative estimate of drug-likeness (QED) is 0.888. The second-order valence-electron chi connectivity index (χ2n) is 5.48. The largest absolute Gasteiger partial charge is 0.384 e. The topological polar surface area (TPSA) is 41.1 Å². The van der Waals surface area contributed by atoms with Crippen molar-refractivity contribution in [2.45, 2.75) is 29.9 Å². The first-order chi connectivity index (χ1) is 9.24. The molecule has 1 aliphatic heterocycles. The number of nitrogens with one attached hydrogen (secondary N) is 2. The number of hydrogen-bond acceptors (Lipinski definition) is 3. The number of benzene rings is 1. The maximum atomic E-state index is 12.4. The molecule has 0 radical (unpaired) electrons. The summed E-state index contributed by atoms with van der Waals surface area (Å²) in [5.41, 5.74) is 2.23. The second kappa shape index (κ2) is 5.08. The lowest BCUT2D eigenvalue weighted by Crippen LogP contribution is -2.46. The van der Waals surface area contributed by atoms with Crippen LogP contribution in [0.1, 0.15) is 30.7 Å². The molecule has 2 N–H and O–H groups in total. The normalized spacial score (nSPS) is 23.1. The molecule has 1 aliphatic carbocycles. The van der Waals surface area contributed by atoms with Gasteiger partial charge < -0.3 is 10.6 Å². The molecule has 0 aromatic heterocycles. The average molecular weight is 276 g/mol. The minimum Gasteiger partial charge on any atom is -0.384 e. The van der Waals surface area contributed by atoms with Crippen LogP contribution in [0, 0.1) is 0 Å². The number of carbonyl (C=O) groups is 1. The molecular weight excluding hydrogens is 256 g/mol. The number of amides is 1. The first-order valence-electron chi connectivity index (χ1n) is 6.90. The van der Waals surface area contributed by atoms with Crippen LogP contribution in [0.5, 0.6) is 0 Å². The number of para-hydroxylation sites is 1. The highest BCUT2D eigenvalue weighted by Gasteiger charge is 2.37. The molecule has 1 heterocycles. The molecule has 1 fully saturated rings. The average Bonchev–Trinajstić information content (AvgIpc) is 2.81. The van der Waals surface area contributed by atoms with E-state index in [1.54, 1.807) is 0 Å². The van der Waals surface area contributed by atoms with Gasteiger partial charge in [0.25, 0.3) is 0 Å². The van der Waals surface area contributed by atoms with Gasteiger partial charge in [-0.3, -0.25) is 4.79 Å². The molecular formula is C15H20N2OS. The summed E-state index contributed by atoms with van der Waals surface area (Å²) >= 11 is 1.90. The van der Waals surface area contributed by atoms with Gasteiger partial charge in [0.1, 0.15) is 0 Å². The van der Waals surface area contributed by atoms with Crippen LogP contribution >= 0.6 is 11.8 Å². The SMILES string of the molecule is CSC1(CNC(=O)C2CNc3ccccc32)CCC1. The van der Waals surface area contributed by atoms with Gasteiger partial charge in [0, 0.05) is 23.5 Å². The van der Waals surface area contributed by atoms with Gasteiger partial charge in [-0.1, -0.05) is 24.6 Å². The smallest absolute Gasteiger partial charge is 0.229 e. The van der Waals surface area contributed by atoms with Gasteiger partial charge in [0.15, 0.2) is 0 Å². The number of anilines is 1. The van der Waals surface area contributed by atoms with E-state index in [0.717, 1.165) is 24.3 Å². The Bertz CT molecular complexity index is 479. The summed E-state index contributed by atoms with van der Waals surface area (Å²) in [5, 5.41) is 6.46. The van der Waals surface area contributed by atoms with Crippen LogP contribution < -0.4 is 10.6 Å². The monoisotopic (exact) mass is 276 g/mol. The summed E-state index contributed by atoms with van der Waals surface area (Å²) in [4.78, 5) is 12.4. The van der Waals surface area contributed by atoms with Crippen molar-refractivity contribution in [2.24, 2.45) is 0 Å². The number of rotatable bonds is 4. The molecule has 3 nitrogen and oxygen atoms in total. The third-order valence-electron chi connectivity index (χ3n) is 4.43. The van der Waals surface area contributed by atoms with Gasteiger partial charge in [-0.05, 0) is 30.7 Å². The van der Waals surface area contributed by atoms with Crippen molar-refractivity contribution < 1.29 is 4.79 Å². The summed E-state index contributed by atoms with van der Waals surface area (Å²) in [7, 11) is 0. The van der Waals surface area contributed by atoms with Crippen molar-refractivity contribution >= 4 is 23.4 Å². The minimum atomic E-state index is -0.0322. The summed E-state index contributed by atoms with van der Waals surface area (Å²) < 4.78 is 0.307. The highest BCUT2D eigenvalue weighted by molar-refractivity contribution is 8.00. The molecule has 2 aliphatic rings. The van der Waals surface area contributed by atoms with E-state index in [0.29, 0.717) is 4.75 Å². The standard InChI is InChI=1S/C15H20N2OS/c1-19-15(7-4-8-15)10-17-14(18)12-9-16-13-6-3-2-5-11(12)13/h2-3,5-6,12,16H,4,7-10H2,1H3,(H,17,18). The van der Waals surface area contributed by atoms with Crippen LogP contribution in [0.15, 0.2) is 24.3 Å². The molecule has 19 heavy (non-hydrogen) atoms. The van der Waals surface area contributed by atoms with Gasteiger partial charge in [-0.2, -0.15) is 11.8 Å². The Balaban J connectivity index is 1.63.